The summed E-state index contributed by atoms with van der Waals surface area (Å²) in [4.78, 5) is 1.40. The van der Waals surface area contributed by atoms with E-state index in [-0.39, 0.29) is 0 Å². The summed E-state index contributed by atoms with van der Waals surface area (Å²) in [6.07, 6.45) is 0. The van der Waals surface area contributed by atoms with Crippen LogP contribution in [0.5, 0.6) is 0 Å². The van der Waals surface area contributed by atoms with Gasteiger partial charge in [-0.3, -0.25) is 0 Å². The molecule has 0 N–H and O–H groups in total. The van der Waals surface area contributed by atoms with Crippen LogP contribution in [0, 0.1) is 27.7 Å². The maximum absolute atomic E-state index is 2.19. The molecule has 104 valence electrons. The first-order valence-corrected chi connectivity index (χ1v) is 8.43. The highest BCUT2D eigenvalue weighted by molar-refractivity contribution is 7.10. The summed E-state index contributed by atoms with van der Waals surface area (Å²) >= 11 is 3.57. The molecule has 18 heavy (non-hydrogen) atoms. The van der Waals surface area contributed by atoms with Crippen LogP contribution in [-0.2, 0) is 0 Å². The Balaban J connectivity index is 0. The van der Waals surface area contributed by atoms with Gasteiger partial charge in [-0.15, -0.1) is 11.3 Å². The van der Waals surface area contributed by atoms with Crippen molar-refractivity contribution in [3.63, 3.8) is 0 Å². The van der Waals surface area contributed by atoms with E-state index in [0.29, 0.717) is 0 Å². The van der Waals surface area contributed by atoms with Crippen molar-refractivity contribution in [2.24, 2.45) is 0 Å². The third-order valence-electron chi connectivity index (χ3n) is 1.97. The summed E-state index contributed by atoms with van der Waals surface area (Å²) in [6, 6.07) is 2.19. The quantitative estimate of drug-likeness (QED) is 0.500. The molecule has 0 bridgehead atoms. The average Bonchev–Trinajstić information content (AvgIpc) is 2.95. The fraction of sp³-hybridized carbons (Fsp3) is 0.500. The normalized spacial score (nSPS) is 8.00. The van der Waals surface area contributed by atoms with Crippen molar-refractivity contribution in [3.05, 3.63) is 43.8 Å². The molecule has 0 amide bonds. The SMILES string of the molecule is CC.CC.Cc1csc(C)c1.Cc1cscc1C. The maximum atomic E-state index is 2.19. The van der Waals surface area contributed by atoms with Gasteiger partial charge in [0.15, 0.2) is 0 Å². The van der Waals surface area contributed by atoms with E-state index in [1.807, 2.05) is 27.7 Å². The molecule has 2 aromatic heterocycles. The van der Waals surface area contributed by atoms with E-state index in [1.54, 1.807) is 22.7 Å². The van der Waals surface area contributed by atoms with Crippen LogP contribution in [0.3, 0.4) is 0 Å². The van der Waals surface area contributed by atoms with E-state index in [9.17, 15) is 0 Å². The molecule has 0 radical (unpaired) electrons. The molecular formula is C16H28S2. The van der Waals surface area contributed by atoms with Crippen LogP contribution < -0.4 is 0 Å². The average molecular weight is 285 g/mol. The molecule has 2 heterocycles. The van der Waals surface area contributed by atoms with Crippen molar-refractivity contribution in [2.45, 2.75) is 55.4 Å². The van der Waals surface area contributed by atoms with Crippen molar-refractivity contribution < 1.29 is 0 Å². The summed E-state index contributed by atoms with van der Waals surface area (Å²) in [5.74, 6) is 0. The molecule has 0 unspecified atom stereocenters. The van der Waals surface area contributed by atoms with E-state index >= 15 is 0 Å². The fourth-order valence-electron chi connectivity index (χ4n) is 0.999. The van der Waals surface area contributed by atoms with Gasteiger partial charge in [-0.1, -0.05) is 27.7 Å². The number of aryl methyl sites for hydroxylation is 4. The lowest BCUT2D eigenvalue weighted by Gasteiger charge is -1.79. The molecule has 0 spiro atoms. The van der Waals surface area contributed by atoms with Crippen LogP contribution in [0.1, 0.15) is 49.3 Å². The predicted octanol–water partition coefficient (Wildman–Crippen LogP) is 6.78. The van der Waals surface area contributed by atoms with Gasteiger partial charge < -0.3 is 0 Å². The first-order valence-electron chi connectivity index (χ1n) is 6.60. The Hall–Kier alpha value is -0.600. The molecule has 2 rings (SSSR count). The third-order valence-corrected chi connectivity index (χ3v) is 3.93. The standard InChI is InChI=1S/2C6H8S.2C2H6/c1-5-3-7-4-6(5)2;1-5-3-6(2)7-4-5;2*1-2/h2*3-4H,1-2H3;2*1-2H3. The Morgan fingerprint density at radius 2 is 1.17 bits per heavy atom. The molecule has 0 aliphatic rings. The molecule has 0 aliphatic heterocycles. The lowest BCUT2D eigenvalue weighted by Crippen LogP contribution is -1.63. The molecule has 0 fully saturated rings. The van der Waals surface area contributed by atoms with E-state index < -0.39 is 0 Å². The Morgan fingerprint density at radius 1 is 0.722 bits per heavy atom. The van der Waals surface area contributed by atoms with Gasteiger partial charge in [0.25, 0.3) is 0 Å². The number of hydrogen-bond acceptors (Lipinski definition) is 2. The second kappa shape index (κ2) is 12.8. The molecule has 2 aromatic rings. The molecule has 0 aromatic carbocycles. The van der Waals surface area contributed by atoms with Crippen molar-refractivity contribution in [2.75, 3.05) is 0 Å². The Kier molecular flexibility index (Phi) is 14.1. The van der Waals surface area contributed by atoms with Gasteiger partial charge in [0.05, 0.1) is 0 Å². The summed E-state index contributed by atoms with van der Waals surface area (Å²) in [5, 5.41) is 6.49. The highest BCUT2D eigenvalue weighted by atomic mass is 32.1. The predicted molar refractivity (Wildman–Crippen MR) is 90.3 cm³/mol. The number of thiophene rings is 2. The van der Waals surface area contributed by atoms with Crippen LogP contribution in [0.2, 0.25) is 0 Å². The lowest BCUT2D eigenvalue weighted by atomic mass is 10.2. The zero-order chi connectivity index (χ0) is 14.6. The maximum Gasteiger partial charge on any atom is 0.00169 e. The molecule has 0 aliphatic carbocycles. The van der Waals surface area contributed by atoms with Crippen molar-refractivity contribution in [3.8, 4) is 0 Å². The summed E-state index contributed by atoms with van der Waals surface area (Å²) in [7, 11) is 0. The zero-order valence-corrected chi connectivity index (χ0v) is 14.8. The van der Waals surface area contributed by atoms with Gasteiger partial charge in [-0.05, 0) is 66.6 Å². The van der Waals surface area contributed by atoms with Gasteiger partial charge in [0, 0.05) is 4.88 Å². The first kappa shape index (κ1) is 19.7. The monoisotopic (exact) mass is 284 g/mol. The van der Waals surface area contributed by atoms with Gasteiger partial charge in [-0.25, -0.2) is 0 Å². The Bertz CT molecular complexity index is 350. The van der Waals surface area contributed by atoms with Gasteiger partial charge >= 0.3 is 0 Å². The minimum atomic E-state index is 1.38. The van der Waals surface area contributed by atoms with Crippen LogP contribution in [0.4, 0.5) is 0 Å². The van der Waals surface area contributed by atoms with Crippen molar-refractivity contribution in [1.29, 1.82) is 0 Å². The minimum absolute atomic E-state index is 1.38. The van der Waals surface area contributed by atoms with Gasteiger partial charge in [-0.2, -0.15) is 11.3 Å². The smallest absolute Gasteiger partial charge is 0.00169 e. The number of rotatable bonds is 0. The van der Waals surface area contributed by atoms with Crippen LogP contribution in [0.15, 0.2) is 22.2 Å². The van der Waals surface area contributed by atoms with Crippen molar-refractivity contribution in [1.82, 2.24) is 0 Å². The third kappa shape index (κ3) is 9.43. The fourth-order valence-corrected chi connectivity index (χ4v) is 2.54. The summed E-state index contributed by atoms with van der Waals surface area (Å²) in [6.45, 7) is 16.5. The summed E-state index contributed by atoms with van der Waals surface area (Å²) in [5.41, 5.74) is 4.19. The van der Waals surface area contributed by atoms with Gasteiger partial charge in [0.2, 0.25) is 0 Å². The molecular weight excluding hydrogens is 256 g/mol. The minimum Gasteiger partial charge on any atom is -0.152 e. The van der Waals surface area contributed by atoms with E-state index in [4.69, 9.17) is 0 Å². The van der Waals surface area contributed by atoms with Crippen LogP contribution in [0.25, 0.3) is 0 Å². The highest BCUT2D eigenvalue weighted by Gasteiger charge is 1.86. The first-order chi connectivity index (χ1) is 8.59. The molecule has 0 saturated carbocycles. The van der Waals surface area contributed by atoms with E-state index in [0.717, 1.165) is 0 Å². The highest BCUT2D eigenvalue weighted by Crippen LogP contribution is 2.11. The molecule has 2 heteroatoms. The number of hydrogen-bond donors (Lipinski definition) is 0. The largest absolute Gasteiger partial charge is 0.152 e. The molecule has 0 saturated heterocycles. The van der Waals surface area contributed by atoms with E-state index in [1.165, 1.54) is 21.6 Å². The Labute approximate surface area is 122 Å². The second-order valence-electron chi connectivity index (χ2n) is 3.47. The Morgan fingerprint density at radius 3 is 1.28 bits per heavy atom. The lowest BCUT2D eigenvalue weighted by molar-refractivity contribution is 1.41. The zero-order valence-electron chi connectivity index (χ0n) is 13.1. The van der Waals surface area contributed by atoms with Gasteiger partial charge in [0.1, 0.15) is 0 Å². The van der Waals surface area contributed by atoms with Crippen LogP contribution in [-0.4, -0.2) is 0 Å². The summed E-state index contributed by atoms with van der Waals surface area (Å²) < 4.78 is 0. The van der Waals surface area contributed by atoms with Crippen molar-refractivity contribution >= 4 is 22.7 Å². The van der Waals surface area contributed by atoms with Crippen LogP contribution >= 0.6 is 22.7 Å². The molecule has 0 atom stereocenters. The second-order valence-corrected chi connectivity index (χ2v) is 5.33. The topological polar surface area (TPSA) is 0 Å². The molecule has 0 nitrogen and oxygen atoms in total. The van der Waals surface area contributed by atoms with E-state index in [2.05, 4.69) is 49.9 Å².